The second kappa shape index (κ2) is 10.6. The van der Waals surface area contributed by atoms with Gasteiger partial charge < -0.3 is 4.74 Å². The van der Waals surface area contributed by atoms with Gasteiger partial charge in [-0.2, -0.15) is 13.7 Å². The summed E-state index contributed by atoms with van der Waals surface area (Å²) in [5.41, 5.74) is 1.17. The third kappa shape index (κ3) is 6.79. The number of nitrogens with zero attached hydrogens (tertiary/aromatic N) is 2. The largest absolute Gasteiger partial charge is 0.444 e. The van der Waals surface area contributed by atoms with Crippen LogP contribution in [0, 0.1) is 18.3 Å². The molecule has 1 aliphatic rings. The van der Waals surface area contributed by atoms with Crippen LogP contribution in [-0.4, -0.2) is 49.7 Å². The molecule has 1 aliphatic heterocycles. The molecule has 3 atom stereocenters. The lowest BCUT2D eigenvalue weighted by molar-refractivity contribution is 0.0198. The third-order valence-corrected chi connectivity index (χ3v) is 6.77. The molecule has 34 heavy (non-hydrogen) atoms. The van der Waals surface area contributed by atoms with E-state index in [0.717, 1.165) is 11.1 Å². The second-order valence-electron chi connectivity index (χ2n) is 9.39. The number of nitriles is 1. The molecule has 0 unspecified atom stereocenters. The maximum Gasteiger partial charge on any atom is 0.410 e. The van der Waals surface area contributed by atoms with Crippen molar-refractivity contribution >= 4 is 16.2 Å². The number of benzene rings is 2. The smallest absolute Gasteiger partial charge is 0.410 e. The zero-order chi connectivity index (χ0) is 24.9. The highest BCUT2D eigenvalue weighted by molar-refractivity contribution is 7.86. The number of aryl methyl sites for hydroxylation is 1. The summed E-state index contributed by atoms with van der Waals surface area (Å²) in [6.07, 6.45) is -1.25. The number of hydrogen-bond donors (Lipinski definition) is 1. The molecule has 9 heteroatoms. The standard InChI is InChI=1S/C25H31N3O5S/c1-18-10-12-21(13-11-18)34(30,31)33-20-14-23(28(17-20)24(29)32-25(2,3)4)22(15-26)27-16-19-8-6-5-7-9-19/h5-13,20,22-23,27H,14,16-17H2,1-4H3/t20-,22-,23+/m0/s1. The molecule has 1 heterocycles. The highest BCUT2D eigenvalue weighted by Gasteiger charge is 2.44. The Hall–Kier alpha value is -2.93. The molecular formula is C25H31N3O5S. The Bertz CT molecular complexity index is 1120. The Morgan fingerprint density at radius 3 is 2.41 bits per heavy atom. The van der Waals surface area contributed by atoms with E-state index in [0.29, 0.717) is 6.54 Å². The van der Waals surface area contributed by atoms with Gasteiger partial charge in [0.25, 0.3) is 10.1 Å². The molecule has 0 saturated carbocycles. The summed E-state index contributed by atoms with van der Waals surface area (Å²) in [6.45, 7) is 7.53. The van der Waals surface area contributed by atoms with Crippen molar-refractivity contribution in [3.05, 3.63) is 65.7 Å². The fourth-order valence-electron chi connectivity index (χ4n) is 3.77. The molecule has 1 amide bonds. The maximum absolute atomic E-state index is 12.9. The fraction of sp³-hybridized carbons (Fsp3) is 0.440. The molecule has 0 radical (unpaired) electrons. The van der Waals surface area contributed by atoms with Gasteiger partial charge >= 0.3 is 6.09 Å². The van der Waals surface area contributed by atoms with E-state index in [1.54, 1.807) is 32.9 Å². The van der Waals surface area contributed by atoms with E-state index >= 15 is 0 Å². The van der Waals surface area contributed by atoms with Crippen molar-refractivity contribution in [1.29, 1.82) is 5.26 Å². The Morgan fingerprint density at radius 1 is 1.18 bits per heavy atom. The predicted octanol–water partition coefficient (Wildman–Crippen LogP) is 3.76. The van der Waals surface area contributed by atoms with Gasteiger partial charge in [0.15, 0.2) is 0 Å². The highest BCUT2D eigenvalue weighted by atomic mass is 32.2. The molecule has 2 aromatic rings. The van der Waals surface area contributed by atoms with Crippen molar-refractivity contribution in [2.45, 2.75) is 69.3 Å². The topological polar surface area (TPSA) is 109 Å². The Morgan fingerprint density at radius 2 is 1.82 bits per heavy atom. The van der Waals surface area contributed by atoms with Gasteiger partial charge in [-0.3, -0.25) is 14.4 Å². The summed E-state index contributed by atoms with van der Waals surface area (Å²) in [5, 5.41) is 13.1. The fourth-order valence-corrected chi connectivity index (χ4v) is 4.85. The van der Waals surface area contributed by atoms with Crippen LogP contribution >= 0.6 is 0 Å². The number of hydrogen-bond acceptors (Lipinski definition) is 7. The normalized spacial score (nSPS) is 19.4. The van der Waals surface area contributed by atoms with E-state index in [1.807, 2.05) is 37.3 Å². The molecule has 1 N–H and O–H groups in total. The molecule has 3 rings (SSSR count). The predicted molar refractivity (Wildman–Crippen MR) is 127 cm³/mol. The molecule has 0 bridgehead atoms. The van der Waals surface area contributed by atoms with Crippen LogP contribution < -0.4 is 5.32 Å². The van der Waals surface area contributed by atoms with Crippen molar-refractivity contribution in [2.24, 2.45) is 0 Å². The third-order valence-electron chi connectivity index (χ3n) is 5.40. The van der Waals surface area contributed by atoms with Crippen LogP contribution in [0.15, 0.2) is 59.5 Å². The number of rotatable bonds is 7. The minimum absolute atomic E-state index is 0.00410. The molecule has 0 aliphatic carbocycles. The van der Waals surface area contributed by atoms with Crippen LogP contribution in [0.5, 0.6) is 0 Å². The van der Waals surface area contributed by atoms with Gasteiger partial charge in [0, 0.05) is 6.54 Å². The van der Waals surface area contributed by atoms with E-state index in [9.17, 15) is 18.5 Å². The number of nitrogens with one attached hydrogen (secondary N) is 1. The Balaban J connectivity index is 1.79. The monoisotopic (exact) mass is 485 g/mol. The van der Waals surface area contributed by atoms with Gasteiger partial charge in [-0.05, 0) is 51.8 Å². The van der Waals surface area contributed by atoms with E-state index in [4.69, 9.17) is 8.92 Å². The Kier molecular flexibility index (Phi) is 7.97. The summed E-state index contributed by atoms with van der Waals surface area (Å²) < 4.78 is 36.7. The number of carbonyl (C=O) groups excluding carboxylic acids is 1. The molecule has 0 spiro atoms. The van der Waals surface area contributed by atoms with Crippen molar-refractivity contribution in [2.75, 3.05) is 6.54 Å². The van der Waals surface area contributed by atoms with E-state index < -0.39 is 40.0 Å². The molecule has 182 valence electrons. The minimum Gasteiger partial charge on any atom is -0.444 e. The minimum atomic E-state index is -4.04. The molecular weight excluding hydrogens is 454 g/mol. The van der Waals surface area contributed by atoms with Gasteiger partial charge in [-0.15, -0.1) is 0 Å². The summed E-state index contributed by atoms with van der Waals surface area (Å²) in [7, 11) is -4.04. The van der Waals surface area contributed by atoms with Crippen molar-refractivity contribution in [3.8, 4) is 6.07 Å². The summed E-state index contributed by atoms with van der Waals surface area (Å²) >= 11 is 0. The number of carbonyl (C=O) groups is 1. The van der Waals surface area contributed by atoms with Crippen molar-refractivity contribution in [1.82, 2.24) is 10.2 Å². The zero-order valence-corrected chi connectivity index (χ0v) is 20.7. The van der Waals surface area contributed by atoms with Crippen LogP contribution in [0.25, 0.3) is 0 Å². The van der Waals surface area contributed by atoms with Gasteiger partial charge in [0.2, 0.25) is 0 Å². The Labute approximate surface area is 201 Å². The first-order chi connectivity index (χ1) is 16.0. The summed E-state index contributed by atoms with van der Waals surface area (Å²) in [4.78, 5) is 14.4. The average Bonchev–Trinajstić information content (AvgIpc) is 3.17. The van der Waals surface area contributed by atoms with Crippen LogP contribution in [0.4, 0.5) is 4.79 Å². The number of likely N-dealkylation sites (tertiary alicyclic amines) is 1. The molecule has 2 aromatic carbocycles. The first-order valence-electron chi connectivity index (χ1n) is 11.1. The zero-order valence-electron chi connectivity index (χ0n) is 19.9. The van der Waals surface area contributed by atoms with E-state index in [1.165, 1.54) is 17.0 Å². The van der Waals surface area contributed by atoms with Crippen LogP contribution in [-0.2, 0) is 25.6 Å². The summed E-state index contributed by atoms with van der Waals surface area (Å²) in [6, 6.07) is 16.8. The first-order valence-corrected chi connectivity index (χ1v) is 12.6. The number of amides is 1. The SMILES string of the molecule is Cc1ccc(S(=O)(=O)O[C@H]2C[C@H]([C@H](C#N)NCc3ccccc3)N(C(=O)OC(C)(C)C)C2)cc1. The van der Waals surface area contributed by atoms with Crippen LogP contribution in [0.2, 0.25) is 0 Å². The van der Waals surface area contributed by atoms with Crippen LogP contribution in [0.1, 0.15) is 38.3 Å². The molecule has 1 saturated heterocycles. The van der Waals surface area contributed by atoms with Gasteiger partial charge in [-0.1, -0.05) is 48.0 Å². The van der Waals surface area contributed by atoms with Gasteiger partial charge in [0.05, 0.1) is 29.7 Å². The van der Waals surface area contributed by atoms with Gasteiger partial charge in [0.1, 0.15) is 11.6 Å². The van der Waals surface area contributed by atoms with Crippen molar-refractivity contribution in [3.63, 3.8) is 0 Å². The number of ether oxygens (including phenoxy) is 1. The lowest BCUT2D eigenvalue weighted by atomic mass is 10.1. The second-order valence-corrected chi connectivity index (χ2v) is 11.0. The van der Waals surface area contributed by atoms with Crippen LogP contribution in [0.3, 0.4) is 0 Å². The van der Waals surface area contributed by atoms with Gasteiger partial charge in [-0.25, -0.2) is 4.79 Å². The lowest BCUT2D eigenvalue weighted by Crippen LogP contribution is -2.49. The first kappa shape index (κ1) is 25.7. The van der Waals surface area contributed by atoms with E-state index in [-0.39, 0.29) is 17.9 Å². The quantitative estimate of drug-likeness (QED) is 0.595. The summed E-state index contributed by atoms with van der Waals surface area (Å²) in [5.74, 6) is 0. The maximum atomic E-state index is 12.9. The average molecular weight is 486 g/mol. The van der Waals surface area contributed by atoms with E-state index in [2.05, 4.69) is 11.4 Å². The highest BCUT2D eigenvalue weighted by Crippen LogP contribution is 2.28. The molecule has 1 fully saturated rings. The molecule has 0 aromatic heterocycles. The van der Waals surface area contributed by atoms with Crippen molar-refractivity contribution < 1.29 is 22.1 Å². The molecule has 8 nitrogen and oxygen atoms in total. The lowest BCUT2D eigenvalue weighted by Gasteiger charge is -2.30.